The minimum atomic E-state index is 0.100. The molecule has 0 saturated carbocycles. The first-order valence-electron chi connectivity index (χ1n) is 7.21. The summed E-state index contributed by atoms with van der Waals surface area (Å²) in [6, 6.07) is 4.02. The Morgan fingerprint density at radius 1 is 1.35 bits per heavy atom. The van der Waals surface area contributed by atoms with Gasteiger partial charge in [0.05, 0.1) is 6.61 Å². The Balaban J connectivity index is 1.95. The smallest absolute Gasteiger partial charge is 0.0536 e. The summed E-state index contributed by atoms with van der Waals surface area (Å²) in [7, 11) is 0. The maximum Gasteiger partial charge on any atom is 0.0536 e. The predicted molar refractivity (Wildman–Crippen MR) is 82.2 cm³/mol. The van der Waals surface area contributed by atoms with E-state index in [9.17, 15) is 5.11 Å². The average Bonchev–Trinajstić information content (AvgIpc) is 2.82. The molecule has 0 aliphatic carbocycles. The molecule has 1 aliphatic heterocycles. The minimum Gasteiger partial charge on any atom is -0.396 e. The second-order valence-electron chi connectivity index (χ2n) is 5.90. The molecule has 1 atom stereocenters. The van der Waals surface area contributed by atoms with Crippen molar-refractivity contribution in [2.24, 2.45) is 5.41 Å². The Morgan fingerprint density at radius 3 is 2.60 bits per heavy atom. The monoisotopic (exact) mass is 297 g/mol. The summed E-state index contributed by atoms with van der Waals surface area (Å²) in [5.41, 5.74) is 3.86. The van der Waals surface area contributed by atoms with Crippen LogP contribution < -0.4 is 5.32 Å². The van der Waals surface area contributed by atoms with Gasteiger partial charge in [0, 0.05) is 36.7 Å². The first-order valence-corrected chi connectivity index (χ1v) is 7.59. The van der Waals surface area contributed by atoms with Gasteiger partial charge in [0.25, 0.3) is 0 Å². The second-order valence-corrected chi connectivity index (χ2v) is 6.33. The summed E-state index contributed by atoms with van der Waals surface area (Å²) < 4.78 is 5.51. The molecule has 1 unspecified atom stereocenters. The van der Waals surface area contributed by atoms with E-state index in [0.717, 1.165) is 44.2 Å². The number of nitrogens with one attached hydrogen (secondary N) is 1. The lowest BCUT2D eigenvalue weighted by Gasteiger charge is -2.27. The van der Waals surface area contributed by atoms with E-state index >= 15 is 0 Å². The Morgan fingerprint density at radius 2 is 2.05 bits per heavy atom. The third kappa shape index (κ3) is 3.73. The highest BCUT2D eigenvalue weighted by atomic mass is 35.5. The molecule has 20 heavy (non-hydrogen) atoms. The first-order chi connectivity index (χ1) is 9.56. The van der Waals surface area contributed by atoms with Gasteiger partial charge < -0.3 is 15.2 Å². The molecule has 1 aromatic rings. The number of rotatable bonds is 6. The average molecular weight is 298 g/mol. The molecule has 0 spiro atoms. The number of halogens is 1. The van der Waals surface area contributed by atoms with Gasteiger partial charge in [-0.25, -0.2) is 0 Å². The molecule has 2 N–H and O–H groups in total. The SMILES string of the molecule is Cc1cc(Cl)cc(C)c1CNCC1(CCO)CCOC1. The van der Waals surface area contributed by atoms with E-state index in [1.54, 1.807) is 0 Å². The van der Waals surface area contributed by atoms with Crippen molar-refractivity contribution in [2.75, 3.05) is 26.4 Å². The summed E-state index contributed by atoms with van der Waals surface area (Å²) in [5, 5.41) is 13.6. The first kappa shape index (κ1) is 15.8. The van der Waals surface area contributed by atoms with Crippen LogP contribution in [0.1, 0.15) is 29.5 Å². The van der Waals surface area contributed by atoms with Crippen LogP contribution in [0.25, 0.3) is 0 Å². The Kier molecular flexibility index (Phi) is 5.44. The zero-order valence-electron chi connectivity index (χ0n) is 12.3. The van der Waals surface area contributed by atoms with Gasteiger partial charge in [-0.2, -0.15) is 0 Å². The largest absolute Gasteiger partial charge is 0.396 e. The van der Waals surface area contributed by atoms with Crippen molar-refractivity contribution in [3.05, 3.63) is 33.8 Å². The molecule has 0 amide bonds. The lowest BCUT2D eigenvalue weighted by molar-refractivity contribution is 0.124. The van der Waals surface area contributed by atoms with Crippen LogP contribution in [0.15, 0.2) is 12.1 Å². The molecule has 3 nitrogen and oxygen atoms in total. The van der Waals surface area contributed by atoms with Crippen LogP contribution in [0.5, 0.6) is 0 Å². The van der Waals surface area contributed by atoms with Gasteiger partial charge in [0.15, 0.2) is 0 Å². The molecule has 0 bridgehead atoms. The van der Waals surface area contributed by atoms with E-state index in [1.807, 2.05) is 12.1 Å². The molecule has 2 rings (SSSR count). The normalized spacial score (nSPS) is 22.4. The molecule has 1 aromatic carbocycles. The molecule has 1 heterocycles. The number of aliphatic hydroxyl groups excluding tert-OH is 1. The minimum absolute atomic E-state index is 0.100. The van der Waals surface area contributed by atoms with Crippen molar-refractivity contribution >= 4 is 11.6 Å². The Hall–Kier alpha value is -0.610. The van der Waals surface area contributed by atoms with Crippen molar-refractivity contribution in [1.82, 2.24) is 5.32 Å². The fourth-order valence-corrected chi connectivity index (χ4v) is 3.31. The summed E-state index contributed by atoms with van der Waals surface area (Å²) >= 11 is 6.06. The van der Waals surface area contributed by atoms with Crippen LogP contribution >= 0.6 is 11.6 Å². The van der Waals surface area contributed by atoms with E-state index in [-0.39, 0.29) is 12.0 Å². The fourth-order valence-electron chi connectivity index (χ4n) is 2.98. The van der Waals surface area contributed by atoms with Gasteiger partial charge in [-0.05, 0) is 55.5 Å². The molecule has 112 valence electrons. The highest BCUT2D eigenvalue weighted by Crippen LogP contribution is 2.31. The molecule has 1 saturated heterocycles. The lowest BCUT2D eigenvalue weighted by atomic mass is 9.84. The second kappa shape index (κ2) is 6.90. The van der Waals surface area contributed by atoms with E-state index in [2.05, 4.69) is 19.2 Å². The van der Waals surface area contributed by atoms with Gasteiger partial charge in [0.1, 0.15) is 0 Å². The topological polar surface area (TPSA) is 41.5 Å². The summed E-state index contributed by atoms with van der Waals surface area (Å²) in [6.45, 7) is 7.69. The number of hydrogen-bond acceptors (Lipinski definition) is 3. The summed E-state index contributed by atoms with van der Waals surface area (Å²) in [4.78, 5) is 0. The van der Waals surface area contributed by atoms with Gasteiger partial charge in [0.2, 0.25) is 0 Å². The van der Waals surface area contributed by atoms with Crippen LogP contribution in [0.4, 0.5) is 0 Å². The van der Waals surface area contributed by atoms with Crippen LogP contribution in [0.2, 0.25) is 5.02 Å². The van der Waals surface area contributed by atoms with Crippen molar-refractivity contribution in [3.63, 3.8) is 0 Å². The van der Waals surface area contributed by atoms with Crippen molar-refractivity contribution < 1.29 is 9.84 Å². The van der Waals surface area contributed by atoms with Crippen molar-refractivity contribution in [2.45, 2.75) is 33.2 Å². The summed E-state index contributed by atoms with van der Waals surface area (Å²) in [6.07, 6.45) is 1.83. The molecule has 4 heteroatoms. The van der Waals surface area contributed by atoms with E-state index in [4.69, 9.17) is 16.3 Å². The van der Waals surface area contributed by atoms with Gasteiger partial charge >= 0.3 is 0 Å². The summed E-state index contributed by atoms with van der Waals surface area (Å²) in [5.74, 6) is 0. The lowest BCUT2D eigenvalue weighted by Crippen LogP contribution is -2.35. The van der Waals surface area contributed by atoms with Gasteiger partial charge in [-0.1, -0.05) is 11.6 Å². The van der Waals surface area contributed by atoms with E-state index in [1.165, 1.54) is 16.7 Å². The van der Waals surface area contributed by atoms with Crippen LogP contribution in [-0.2, 0) is 11.3 Å². The third-order valence-electron chi connectivity index (χ3n) is 4.29. The third-order valence-corrected chi connectivity index (χ3v) is 4.51. The predicted octanol–water partition coefficient (Wildman–Crippen LogP) is 2.84. The quantitative estimate of drug-likeness (QED) is 0.848. The maximum absolute atomic E-state index is 9.23. The molecule has 0 aromatic heterocycles. The Labute approximate surface area is 126 Å². The molecular weight excluding hydrogens is 274 g/mol. The number of ether oxygens (including phenoxy) is 1. The zero-order valence-corrected chi connectivity index (χ0v) is 13.1. The fraction of sp³-hybridized carbons (Fsp3) is 0.625. The highest BCUT2D eigenvalue weighted by molar-refractivity contribution is 6.30. The molecule has 0 radical (unpaired) electrons. The van der Waals surface area contributed by atoms with Gasteiger partial charge in [-0.3, -0.25) is 0 Å². The highest BCUT2D eigenvalue weighted by Gasteiger charge is 2.33. The molecular formula is C16H24ClNO2. The van der Waals surface area contributed by atoms with Crippen LogP contribution in [-0.4, -0.2) is 31.5 Å². The van der Waals surface area contributed by atoms with Gasteiger partial charge in [-0.15, -0.1) is 0 Å². The standard InChI is InChI=1S/C16H24ClNO2/c1-12-7-14(17)8-13(2)15(12)9-18-10-16(3-5-19)4-6-20-11-16/h7-8,18-19H,3-6,9-11H2,1-2H3. The maximum atomic E-state index is 9.23. The van der Waals surface area contributed by atoms with Crippen molar-refractivity contribution in [1.29, 1.82) is 0 Å². The van der Waals surface area contributed by atoms with Crippen LogP contribution in [0, 0.1) is 19.3 Å². The van der Waals surface area contributed by atoms with Crippen LogP contribution in [0.3, 0.4) is 0 Å². The number of benzene rings is 1. The zero-order chi connectivity index (χ0) is 14.6. The van der Waals surface area contributed by atoms with E-state index < -0.39 is 0 Å². The molecule has 1 aliphatic rings. The molecule has 1 fully saturated rings. The Bertz CT molecular complexity index is 433. The number of hydrogen-bond donors (Lipinski definition) is 2. The number of aliphatic hydroxyl groups is 1. The van der Waals surface area contributed by atoms with Crippen molar-refractivity contribution in [3.8, 4) is 0 Å². The number of aryl methyl sites for hydroxylation is 2. The van der Waals surface area contributed by atoms with E-state index in [0.29, 0.717) is 0 Å².